The summed E-state index contributed by atoms with van der Waals surface area (Å²) in [5.74, 6) is 1.18. The summed E-state index contributed by atoms with van der Waals surface area (Å²) in [6.45, 7) is 0.239. The van der Waals surface area contributed by atoms with Crippen molar-refractivity contribution in [2.24, 2.45) is 5.10 Å². The molecule has 0 saturated carbocycles. The van der Waals surface area contributed by atoms with Crippen LogP contribution in [-0.2, 0) is 9.59 Å². The van der Waals surface area contributed by atoms with Crippen LogP contribution in [0.25, 0.3) is 0 Å². The van der Waals surface area contributed by atoms with Gasteiger partial charge in [0.1, 0.15) is 17.6 Å². The van der Waals surface area contributed by atoms with Crippen LogP contribution in [0.15, 0.2) is 52.2 Å². The number of methoxy groups -OCH3 is 1. The van der Waals surface area contributed by atoms with E-state index in [1.165, 1.54) is 9.91 Å². The van der Waals surface area contributed by atoms with Crippen LogP contribution in [0.5, 0.6) is 5.75 Å². The van der Waals surface area contributed by atoms with Crippen LogP contribution in [0.2, 0.25) is 0 Å². The number of amides is 2. The average molecular weight is 398 g/mol. The van der Waals surface area contributed by atoms with Crippen molar-refractivity contribution in [1.29, 1.82) is 0 Å². The van der Waals surface area contributed by atoms with Crippen LogP contribution < -0.4 is 4.74 Å². The molecule has 1 aromatic heterocycles. The van der Waals surface area contributed by atoms with E-state index in [1.54, 1.807) is 45.5 Å². The lowest BCUT2D eigenvalue weighted by atomic mass is 10.0. The van der Waals surface area contributed by atoms with Crippen LogP contribution >= 0.6 is 0 Å². The third-order valence-electron chi connectivity index (χ3n) is 4.77. The Kier molecular flexibility index (Phi) is 6.33. The lowest BCUT2D eigenvalue weighted by Gasteiger charge is -2.23. The summed E-state index contributed by atoms with van der Waals surface area (Å²) in [7, 11) is 6.74. The van der Waals surface area contributed by atoms with Gasteiger partial charge >= 0.3 is 0 Å². The van der Waals surface area contributed by atoms with Gasteiger partial charge in [0.25, 0.3) is 5.91 Å². The number of likely N-dealkylation sites (N-methyl/N-ethyl adjacent to an activating group) is 2. The zero-order chi connectivity index (χ0) is 21.0. The molecule has 8 heteroatoms. The van der Waals surface area contributed by atoms with Gasteiger partial charge in [-0.1, -0.05) is 0 Å². The van der Waals surface area contributed by atoms with E-state index >= 15 is 0 Å². The van der Waals surface area contributed by atoms with Crippen molar-refractivity contribution in [3.8, 4) is 5.75 Å². The minimum absolute atomic E-state index is 0.0632. The van der Waals surface area contributed by atoms with Crippen molar-refractivity contribution < 1.29 is 18.7 Å². The second kappa shape index (κ2) is 8.91. The van der Waals surface area contributed by atoms with Crippen LogP contribution in [-0.4, -0.2) is 73.7 Å². The van der Waals surface area contributed by atoms with E-state index in [2.05, 4.69) is 5.10 Å². The smallest absolute Gasteiger partial charge is 0.257 e. The van der Waals surface area contributed by atoms with Crippen LogP contribution in [0, 0.1) is 0 Å². The summed E-state index contributed by atoms with van der Waals surface area (Å²) in [5, 5.41) is 6.06. The fraction of sp³-hybridized carbons (Fsp3) is 0.381. The largest absolute Gasteiger partial charge is 0.497 e. The highest BCUT2D eigenvalue weighted by Crippen LogP contribution is 2.33. The van der Waals surface area contributed by atoms with Crippen LogP contribution in [0.3, 0.4) is 0 Å². The Labute approximate surface area is 170 Å². The van der Waals surface area contributed by atoms with Crippen molar-refractivity contribution in [3.05, 3.63) is 54.0 Å². The fourth-order valence-corrected chi connectivity index (χ4v) is 3.13. The molecule has 1 atom stereocenters. The Morgan fingerprint density at radius 2 is 1.90 bits per heavy atom. The predicted octanol–water partition coefficient (Wildman–Crippen LogP) is 1.99. The predicted molar refractivity (Wildman–Crippen MR) is 109 cm³/mol. The van der Waals surface area contributed by atoms with Crippen molar-refractivity contribution >= 4 is 17.5 Å². The average Bonchev–Trinajstić information content (AvgIpc) is 3.37. The summed E-state index contributed by atoms with van der Waals surface area (Å²) >= 11 is 0. The van der Waals surface area contributed by atoms with E-state index in [9.17, 15) is 9.59 Å². The molecule has 3 rings (SSSR count). The number of furan rings is 1. The maximum atomic E-state index is 13.0. The maximum absolute atomic E-state index is 13.0. The van der Waals surface area contributed by atoms with Crippen LogP contribution in [0.1, 0.15) is 23.8 Å². The summed E-state index contributed by atoms with van der Waals surface area (Å²) in [4.78, 5) is 28.1. The Balaban J connectivity index is 1.78. The van der Waals surface area contributed by atoms with Crippen LogP contribution in [0.4, 0.5) is 0 Å². The Morgan fingerprint density at radius 3 is 2.48 bits per heavy atom. The zero-order valence-corrected chi connectivity index (χ0v) is 17.2. The third kappa shape index (κ3) is 4.83. The molecule has 2 heterocycles. The first-order valence-electron chi connectivity index (χ1n) is 9.35. The lowest BCUT2D eigenvalue weighted by molar-refractivity contribution is -0.135. The number of hydrogen-bond donors (Lipinski definition) is 0. The van der Waals surface area contributed by atoms with Gasteiger partial charge in [-0.05, 0) is 49.0 Å². The molecule has 0 bridgehead atoms. The molecule has 0 fully saturated rings. The van der Waals surface area contributed by atoms with Gasteiger partial charge in [0.2, 0.25) is 5.91 Å². The summed E-state index contributed by atoms with van der Waals surface area (Å²) in [5.41, 5.74) is 1.73. The number of rotatable bonds is 7. The maximum Gasteiger partial charge on any atom is 0.257 e. The van der Waals surface area contributed by atoms with E-state index in [-0.39, 0.29) is 30.9 Å². The highest BCUT2D eigenvalue weighted by atomic mass is 16.5. The number of hydrogen-bond acceptors (Lipinski definition) is 6. The lowest BCUT2D eigenvalue weighted by Crippen LogP contribution is -2.41. The minimum atomic E-state index is -0.312. The molecule has 0 N–H and O–H groups in total. The summed E-state index contributed by atoms with van der Waals surface area (Å²) < 4.78 is 10.8. The first-order chi connectivity index (χ1) is 13.9. The molecule has 0 aliphatic carbocycles. The van der Waals surface area contributed by atoms with Gasteiger partial charge in [0.05, 0.1) is 32.2 Å². The quantitative estimate of drug-likeness (QED) is 0.713. The Bertz CT molecular complexity index is 875. The number of ether oxygens (including phenoxy) is 1. The zero-order valence-electron chi connectivity index (χ0n) is 17.2. The van der Waals surface area contributed by atoms with Gasteiger partial charge in [0, 0.05) is 20.5 Å². The number of nitrogens with zero attached hydrogens (tertiary/aromatic N) is 4. The topological polar surface area (TPSA) is 78.6 Å². The standard InChI is InChI=1S/C21H26N4O4/c1-23(2)20(26)13-24(3)14-21(27)25-18(19-6-5-11-29-19)12-17(22-25)15-7-9-16(28-4)10-8-15/h5-11,18H,12-14H2,1-4H3/t18-/m1/s1. The second-order valence-electron chi connectivity index (χ2n) is 7.21. The normalized spacial score (nSPS) is 16.1. The number of hydrazone groups is 1. The monoisotopic (exact) mass is 398 g/mol. The molecule has 29 heavy (non-hydrogen) atoms. The molecule has 0 unspecified atom stereocenters. The Hall–Kier alpha value is -3.13. The molecule has 1 aliphatic heterocycles. The summed E-state index contributed by atoms with van der Waals surface area (Å²) in [6.07, 6.45) is 2.14. The Morgan fingerprint density at radius 1 is 1.17 bits per heavy atom. The SMILES string of the molecule is COc1ccc(C2=NN(C(=O)CN(C)CC(=O)N(C)C)[C@@H](c3ccco3)C2)cc1. The number of benzene rings is 1. The minimum Gasteiger partial charge on any atom is -0.497 e. The van der Waals surface area contributed by atoms with Crippen molar-refractivity contribution in [1.82, 2.24) is 14.8 Å². The van der Waals surface area contributed by atoms with Gasteiger partial charge < -0.3 is 14.1 Å². The molecule has 154 valence electrons. The molecule has 0 saturated heterocycles. The van der Waals surface area contributed by atoms with Gasteiger partial charge in [-0.15, -0.1) is 0 Å². The van der Waals surface area contributed by atoms with Gasteiger partial charge in [-0.2, -0.15) is 5.10 Å². The van der Waals surface area contributed by atoms with E-state index in [0.29, 0.717) is 12.2 Å². The van der Waals surface area contributed by atoms with Gasteiger partial charge in [-0.25, -0.2) is 5.01 Å². The summed E-state index contributed by atoms with van der Waals surface area (Å²) in [6, 6.07) is 10.9. The number of carbonyl (C=O) groups is 2. The molecule has 2 amide bonds. The number of carbonyl (C=O) groups excluding carboxylic acids is 2. The highest BCUT2D eigenvalue weighted by molar-refractivity contribution is 6.03. The first kappa shape index (κ1) is 20.6. The molecule has 2 aromatic rings. The molecule has 0 radical (unpaired) electrons. The van der Waals surface area contributed by atoms with Gasteiger partial charge in [-0.3, -0.25) is 14.5 Å². The molecular formula is C21H26N4O4. The molecular weight excluding hydrogens is 372 g/mol. The third-order valence-corrected chi connectivity index (χ3v) is 4.77. The van der Waals surface area contributed by atoms with Crippen molar-refractivity contribution in [2.45, 2.75) is 12.5 Å². The second-order valence-corrected chi connectivity index (χ2v) is 7.21. The molecule has 8 nitrogen and oxygen atoms in total. The van der Waals surface area contributed by atoms with Gasteiger partial charge in [0.15, 0.2) is 0 Å². The van der Waals surface area contributed by atoms with E-state index < -0.39 is 0 Å². The van der Waals surface area contributed by atoms with E-state index in [0.717, 1.165) is 17.0 Å². The van der Waals surface area contributed by atoms with Crippen molar-refractivity contribution in [2.75, 3.05) is 41.3 Å². The van der Waals surface area contributed by atoms with E-state index in [1.807, 2.05) is 30.3 Å². The molecule has 1 aromatic carbocycles. The van der Waals surface area contributed by atoms with Crippen molar-refractivity contribution in [3.63, 3.8) is 0 Å². The highest BCUT2D eigenvalue weighted by Gasteiger charge is 2.35. The first-order valence-corrected chi connectivity index (χ1v) is 9.35. The van der Waals surface area contributed by atoms with E-state index in [4.69, 9.17) is 9.15 Å². The molecule has 1 aliphatic rings. The fourth-order valence-electron chi connectivity index (χ4n) is 3.13. The molecule has 0 spiro atoms.